The van der Waals surface area contributed by atoms with E-state index in [9.17, 15) is 0 Å². The molecule has 1 aliphatic rings. The molecule has 0 spiro atoms. The number of benzene rings is 1. The molecule has 1 aliphatic heterocycles. The van der Waals surface area contributed by atoms with Gasteiger partial charge in [-0.3, -0.25) is 0 Å². The molecule has 1 saturated heterocycles. The third-order valence-electron chi connectivity index (χ3n) is 3.60. The molecule has 1 aromatic carbocycles. The third-order valence-corrected chi connectivity index (χ3v) is 4.84. The van der Waals surface area contributed by atoms with E-state index in [0.717, 1.165) is 31.1 Å². The van der Waals surface area contributed by atoms with Gasteiger partial charge in [-0.2, -0.15) is 5.26 Å². The van der Waals surface area contributed by atoms with Crippen molar-refractivity contribution in [2.45, 2.75) is 11.3 Å². The van der Waals surface area contributed by atoms with Crippen molar-refractivity contribution >= 4 is 17.6 Å². The molecular formula is C16H16N4S. The summed E-state index contributed by atoms with van der Waals surface area (Å²) in [7, 11) is 0. The second kappa shape index (κ2) is 6.59. The summed E-state index contributed by atoms with van der Waals surface area (Å²) in [6.45, 7) is 1.90. The van der Waals surface area contributed by atoms with Crippen molar-refractivity contribution in [2.24, 2.45) is 5.92 Å². The van der Waals surface area contributed by atoms with Gasteiger partial charge in [-0.25, -0.2) is 9.97 Å². The molecule has 0 radical (unpaired) electrons. The molecule has 1 atom stereocenters. The molecule has 0 amide bonds. The summed E-state index contributed by atoms with van der Waals surface area (Å²) in [5.74, 6) is 2.46. The Morgan fingerprint density at radius 1 is 1.24 bits per heavy atom. The van der Waals surface area contributed by atoms with Gasteiger partial charge in [-0.15, -0.1) is 11.8 Å². The first-order chi connectivity index (χ1) is 10.4. The van der Waals surface area contributed by atoms with E-state index in [4.69, 9.17) is 5.26 Å². The van der Waals surface area contributed by atoms with E-state index in [2.05, 4.69) is 45.2 Å². The Kier molecular flexibility index (Phi) is 4.37. The minimum atomic E-state index is 0.425. The standard InChI is InChI=1S/C16H16N4S/c17-10-15-16(19-8-7-18-15)20-9-6-13(11-20)12-21-14-4-2-1-3-5-14/h1-5,7-8,13H,6,9,11-12H2/t13-/m1/s1. The van der Waals surface area contributed by atoms with Gasteiger partial charge in [0.05, 0.1) is 0 Å². The van der Waals surface area contributed by atoms with Crippen LogP contribution >= 0.6 is 11.8 Å². The molecule has 0 unspecified atom stereocenters. The van der Waals surface area contributed by atoms with Crippen LogP contribution in [-0.4, -0.2) is 28.8 Å². The van der Waals surface area contributed by atoms with Crippen LogP contribution in [0.4, 0.5) is 5.82 Å². The Morgan fingerprint density at radius 3 is 2.86 bits per heavy atom. The number of nitriles is 1. The first-order valence-corrected chi connectivity index (χ1v) is 7.99. The fourth-order valence-electron chi connectivity index (χ4n) is 2.53. The predicted molar refractivity (Wildman–Crippen MR) is 84.2 cm³/mol. The maximum atomic E-state index is 9.11. The summed E-state index contributed by atoms with van der Waals surface area (Å²) in [6.07, 6.45) is 4.37. The van der Waals surface area contributed by atoms with Crippen molar-refractivity contribution in [1.82, 2.24) is 9.97 Å². The maximum absolute atomic E-state index is 9.11. The minimum Gasteiger partial charge on any atom is -0.354 e. The number of hydrogen-bond donors (Lipinski definition) is 0. The number of rotatable bonds is 4. The second-order valence-electron chi connectivity index (χ2n) is 5.07. The van der Waals surface area contributed by atoms with E-state index in [0.29, 0.717) is 11.6 Å². The highest BCUT2D eigenvalue weighted by Crippen LogP contribution is 2.28. The number of thioether (sulfide) groups is 1. The topological polar surface area (TPSA) is 52.8 Å². The third kappa shape index (κ3) is 3.34. The lowest BCUT2D eigenvalue weighted by Crippen LogP contribution is -2.22. The summed E-state index contributed by atoms with van der Waals surface area (Å²) in [5, 5.41) is 9.11. The lowest BCUT2D eigenvalue weighted by atomic mass is 10.2. The lowest BCUT2D eigenvalue weighted by Gasteiger charge is -2.17. The van der Waals surface area contributed by atoms with Gasteiger partial charge in [0.25, 0.3) is 0 Å². The molecule has 4 nitrogen and oxygen atoms in total. The fraction of sp³-hybridized carbons (Fsp3) is 0.312. The van der Waals surface area contributed by atoms with Crippen LogP contribution in [0.2, 0.25) is 0 Å². The number of aromatic nitrogens is 2. The summed E-state index contributed by atoms with van der Waals surface area (Å²) in [4.78, 5) is 11.9. The van der Waals surface area contributed by atoms with Crippen LogP contribution in [0.1, 0.15) is 12.1 Å². The maximum Gasteiger partial charge on any atom is 0.183 e. The molecule has 0 bridgehead atoms. The highest BCUT2D eigenvalue weighted by Gasteiger charge is 2.25. The normalized spacial score (nSPS) is 17.7. The number of nitrogens with zero attached hydrogens (tertiary/aromatic N) is 4. The lowest BCUT2D eigenvalue weighted by molar-refractivity contribution is 0.670. The quantitative estimate of drug-likeness (QED) is 0.812. The van der Waals surface area contributed by atoms with Crippen molar-refractivity contribution in [3.05, 3.63) is 48.4 Å². The molecule has 2 heterocycles. The fourth-order valence-corrected chi connectivity index (χ4v) is 3.58. The number of hydrogen-bond acceptors (Lipinski definition) is 5. The highest BCUT2D eigenvalue weighted by molar-refractivity contribution is 7.99. The van der Waals surface area contributed by atoms with Crippen LogP contribution < -0.4 is 4.90 Å². The Hall–Kier alpha value is -2.06. The number of anilines is 1. The zero-order valence-electron chi connectivity index (χ0n) is 11.6. The van der Waals surface area contributed by atoms with Crippen LogP contribution in [0.15, 0.2) is 47.6 Å². The zero-order valence-corrected chi connectivity index (χ0v) is 12.5. The van der Waals surface area contributed by atoms with E-state index in [1.165, 1.54) is 4.90 Å². The van der Waals surface area contributed by atoms with E-state index in [1.54, 1.807) is 12.4 Å². The van der Waals surface area contributed by atoms with Crippen LogP contribution in [0.25, 0.3) is 0 Å². The highest BCUT2D eigenvalue weighted by atomic mass is 32.2. The van der Waals surface area contributed by atoms with E-state index >= 15 is 0 Å². The van der Waals surface area contributed by atoms with Gasteiger partial charge in [0, 0.05) is 36.1 Å². The van der Waals surface area contributed by atoms with Gasteiger partial charge in [-0.05, 0) is 24.5 Å². The Balaban J connectivity index is 1.60. The van der Waals surface area contributed by atoms with E-state index < -0.39 is 0 Å². The monoisotopic (exact) mass is 296 g/mol. The molecule has 0 aliphatic carbocycles. The molecule has 2 aromatic rings. The smallest absolute Gasteiger partial charge is 0.183 e. The Morgan fingerprint density at radius 2 is 2.05 bits per heavy atom. The van der Waals surface area contributed by atoms with E-state index in [-0.39, 0.29) is 0 Å². The predicted octanol–water partition coefficient (Wildman–Crippen LogP) is 2.97. The first-order valence-electron chi connectivity index (χ1n) is 7.00. The molecule has 0 N–H and O–H groups in total. The Bertz CT molecular complexity index is 638. The van der Waals surface area contributed by atoms with Gasteiger partial charge in [0.15, 0.2) is 11.5 Å². The SMILES string of the molecule is N#Cc1nccnc1N1CC[C@@H](CSc2ccccc2)C1. The molecule has 0 saturated carbocycles. The average molecular weight is 296 g/mol. The molecule has 21 heavy (non-hydrogen) atoms. The molecule has 3 rings (SSSR count). The summed E-state index contributed by atoms with van der Waals surface area (Å²) < 4.78 is 0. The summed E-state index contributed by atoms with van der Waals surface area (Å²) in [5.41, 5.74) is 0.425. The summed E-state index contributed by atoms with van der Waals surface area (Å²) in [6, 6.07) is 12.6. The molecule has 106 valence electrons. The minimum absolute atomic E-state index is 0.425. The van der Waals surface area contributed by atoms with Gasteiger partial charge in [-0.1, -0.05) is 18.2 Å². The van der Waals surface area contributed by atoms with Crippen LogP contribution in [0.3, 0.4) is 0 Å². The van der Waals surface area contributed by atoms with Crippen molar-refractivity contribution in [1.29, 1.82) is 5.26 Å². The van der Waals surface area contributed by atoms with Crippen LogP contribution in [-0.2, 0) is 0 Å². The zero-order chi connectivity index (χ0) is 14.5. The van der Waals surface area contributed by atoms with Gasteiger partial charge >= 0.3 is 0 Å². The van der Waals surface area contributed by atoms with Crippen molar-refractivity contribution in [3.8, 4) is 6.07 Å². The Labute approximate surface area is 128 Å². The van der Waals surface area contributed by atoms with E-state index in [1.807, 2.05) is 17.8 Å². The molecule has 5 heteroatoms. The summed E-state index contributed by atoms with van der Waals surface area (Å²) >= 11 is 1.90. The first kappa shape index (κ1) is 13.9. The van der Waals surface area contributed by atoms with Crippen molar-refractivity contribution in [2.75, 3.05) is 23.7 Å². The van der Waals surface area contributed by atoms with Crippen molar-refractivity contribution in [3.63, 3.8) is 0 Å². The van der Waals surface area contributed by atoms with Crippen LogP contribution in [0.5, 0.6) is 0 Å². The average Bonchev–Trinajstić information content (AvgIpc) is 3.02. The molecule has 1 fully saturated rings. The van der Waals surface area contributed by atoms with Gasteiger partial charge in [0.1, 0.15) is 6.07 Å². The van der Waals surface area contributed by atoms with Gasteiger partial charge in [0.2, 0.25) is 0 Å². The largest absolute Gasteiger partial charge is 0.354 e. The molecule has 1 aromatic heterocycles. The van der Waals surface area contributed by atoms with Crippen LogP contribution in [0, 0.1) is 17.2 Å². The second-order valence-corrected chi connectivity index (χ2v) is 6.16. The molecular weight excluding hydrogens is 280 g/mol. The van der Waals surface area contributed by atoms with Gasteiger partial charge < -0.3 is 4.90 Å². The van der Waals surface area contributed by atoms with Crippen molar-refractivity contribution < 1.29 is 0 Å².